The largest absolute Gasteiger partial charge is 0.347 e. The van der Waals surface area contributed by atoms with Gasteiger partial charge < -0.3 is 10.3 Å². The maximum Gasteiger partial charge on any atom is 0.0515 e. The first kappa shape index (κ1) is 11.2. The molecule has 0 spiro atoms. The van der Waals surface area contributed by atoms with Crippen molar-refractivity contribution >= 4 is 10.9 Å². The topological polar surface area (TPSA) is 30.9 Å². The van der Waals surface area contributed by atoms with E-state index in [4.69, 9.17) is 5.73 Å². The van der Waals surface area contributed by atoms with Gasteiger partial charge in [0, 0.05) is 18.1 Å². The summed E-state index contributed by atoms with van der Waals surface area (Å²) >= 11 is 0. The van der Waals surface area contributed by atoms with E-state index >= 15 is 0 Å². The van der Waals surface area contributed by atoms with Crippen molar-refractivity contribution in [2.24, 2.45) is 5.73 Å². The summed E-state index contributed by atoms with van der Waals surface area (Å²) in [5.41, 5.74) is 11.0. The van der Waals surface area contributed by atoms with Crippen molar-refractivity contribution in [3.05, 3.63) is 35.0 Å². The number of hydrogen-bond acceptors (Lipinski definition) is 1. The molecule has 0 aliphatic rings. The number of fused-ring (bicyclic) bond motifs is 1. The van der Waals surface area contributed by atoms with Crippen molar-refractivity contribution < 1.29 is 0 Å². The molecule has 16 heavy (non-hydrogen) atoms. The van der Waals surface area contributed by atoms with Crippen LogP contribution in [0.1, 0.15) is 23.1 Å². The van der Waals surface area contributed by atoms with E-state index in [-0.39, 0.29) is 0 Å². The van der Waals surface area contributed by atoms with Crippen LogP contribution >= 0.6 is 0 Å². The lowest BCUT2D eigenvalue weighted by atomic mass is 10.1. The molecule has 2 N–H and O–H groups in total. The first-order chi connectivity index (χ1) is 7.65. The van der Waals surface area contributed by atoms with Gasteiger partial charge in [-0.3, -0.25) is 0 Å². The van der Waals surface area contributed by atoms with Gasteiger partial charge in [-0.2, -0.15) is 0 Å². The van der Waals surface area contributed by atoms with Crippen molar-refractivity contribution in [3.8, 4) is 0 Å². The van der Waals surface area contributed by atoms with Crippen LogP contribution in [0.4, 0.5) is 0 Å². The summed E-state index contributed by atoms with van der Waals surface area (Å²) in [5, 5.41) is 1.41. The van der Waals surface area contributed by atoms with Crippen LogP contribution in [0.5, 0.6) is 0 Å². The average Bonchev–Trinajstić information content (AvgIpc) is 2.59. The highest BCUT2D eigenvalue weighted by atomic mass is 15.0. The summed E-state index contributed by atoms with van der Waals surface area (Å²) in [6, 6.07) is 4.41. The maximum absolute atomic E-state index is 5.58. The Morgan fingerprint density at radius 1 is 1.06 bits per heavy atom. The zero-order valence-electron chi connectivity index (χ0n) is 10.4. The summed E-state index contributed by atoms with van der Waals surface area (Å²) in [7, 11) is 0. The van der Waals surface area contributed by atoms with E-state index in [2.05, 4.69) is 43.7 Å². The normalized spacial score (nSPS) is 11.2. The average molecular weight is 216 g/mol. The molecular formula is C14H20N2. The van der Waals surface area contributed by atoms with Crippen LogP contribution in [-0.2, 0) is 6.54 Å². The molecule has 0 saturated heterocycles. The van der Waals surface area contributed by atoms with Gasteiger partial charge in [-0.1, -0.05) is 12.1 Å². The third kappa shape index (κ3) is 1.74. The van der Waals surface area contributed by atoms with Crippen molar-refractivity contribution in [1.82, 2.24) is 4.57 Å². The second kappa shape index (κ2) is 4.30. The first-order valence-electron chi connectivity index (χ1n) is 5.91. The predicted octanol–water partition coefficient (Wildman–Crippen LogP) is 2.92. The fourth-order valence-electron chi connectivity index (χ4n) is 2.46. The molecule has 2 nitrogen and oxygen atoms in total. The predicted molar refractivity (Wildman–Crippen MR) is 69.8 cm³/mol. The first-order valence-corrected chi connectivity index (χ1v) is 5.91. The minimum atomic E-state index is 0.754. The van der Waals surface area contributed by atoms with Crippen molar-refractivity contribution in [1.29, 1.82) is 0 Å². The number of nitrogens with two attached hydrogens (primary N) is 1. The van der Waals surface area contributed by atoms with Gasteiger partial charge in [0.15, 0.2) is 0 Å². The van der Waals surface area contributed by atoms with Gasteiger partial charge >= 0.3 is 0 Å². The molecule has 0 atom stereocenters. The smallest absolute Gasteiger partial charge is 0.0515 e. The van der Waals surface area contributed by atoms with Gasteiger partial charge in [0.2, 0.25) is 0 Å². The molecule has 86 valence electrons. The lowest BCUT2D eigenvalue weighted by Gasteiger charge is -2.07. The van der Waals surface area contributed by atoms with E-state index in [0.29, 0.717) is 0 Å². The number of benzene rings is 1. The lowest BCUT2D eigenvalue weighted by Crippen LogP contribution is -2.05. The van der Waals surface area contributed by atoms with Crippen molar-refractivity contribution in [2.45, 2.75) is 33.7 Å². The monoisotopic (exact) mass is 216 g/mol. The Bertz CT molecular complexity index is 509. The van der Waals surface area contributed by atoms with Crippen LogP contribution in [0, 0.1) is 20.8 Å². The molecule has 0 aliphatic heterocycles. The van der Waals surface area contributed by atoms with Crippen LogP contribution in [0.25, 0.3) is 10.9 Å². The molecule has 0 unspecified atom stereocenters. The van der Waals surface area contributed by atoms with Gasteiger partial charge in [-0.25, -0.2) is 0 Å². The Hall–Kier alpha value is -1.28. The van der Waals surface area contributed by atoms with E-state index in [1.807, 2.05) is 0 Å². The van der Waals surface area contributed by atoms with E-state index in [9.17, 15) is 0 Å². The Balaban J connectivity index is 2.63. The second-order valence-corrected chi connectivity index (χ2v) is 4.57. The molecule has 2 rings (SSSR count). The van der Waals surface area contributed by atoms with Crippen LogP contribution in [0.3, 0.4) is 0 Å². The van der Waals surface area contributed by atoms with Crippen molar-refractivity contribution in [2.75, 3.05) is 6.54 Å². The third-order valence-corrected chi connectivity index (χ3v) is 3.22. The fraction of sp³-hybridized carbons (Fsp3) is 0.429. The second-order valence-electron chi connectivity index (χ2n) is 4.57. The lowest BCUT2D eigenvalue weighted by molar-refractivity contribution is 0.669. The SMILES string of the molecule is Cc1ccc(C)c2c1c(C)cn2CCCN. The highest BCUT2D eigenvalue weighted by Gasteiger charge is 2.09. The van der Waals surface area contributed by atoms with Gasteiger partial charge in [0.1, 0.15) is 0 Å². The zero-order chi connectivity index (χ0) is 11.7. The minimum Gasteiger partial charge on any atom is -0.347 e. The summed E-state index contributed by atoms with van der Waals surface area (Å²) in [5.74, 6) is 0. The molecule has 1 heterocycles. The van der Waals surface area contributed by atoms with Crippen LogP contribution in [0.2, 0.25) is 0 Å². The molecule has 1 aromatic heterocycles. The number of hydrogen-bond donors (Lipinski definition) is 1. The quantitative estimate of drug-likeness (QED) is 0.840. The highest BCUT2D eigenvalue weighted by molar-refractivity contribution is 5.89. The molecule has 0 aliphatic carbocycles. The van der Waals surface area contributed by atoms with Crippen molar-refractivity contribution in [3.63, 3.8) is 0 Å². The Morgan fingerprint density at radius 3 is 2.44 bits per heavy atom. The Labute approximate surface area is 97.1 Å². The zero-order valence-corrected chi connectivity index (χ0v) is 10.4. The van der Waals surface area contributed by atoms with Gasteiger partial charge in [-0.05, 0) is 50.4 Å². The molecule has 1 aromatic carbocycles. The molecule has 0 amide bonds. The third-order valence-electron chi connectivity index (χ3n) is 3.22. The Morgan fingerprint density at radius 2 is 1.75 bits per heavy atom. The molecule has 0 saturated carbocycles. The standard InChI is InChI=1S/C14H20N2/c1-10-5-6-11(2)14-13(10)12(3)9-16(14)8-4-7-15/h5-6,9H,4,7-8,15H2,1-3H3. The van der Waals surface area contributed by atoms with Crippen LogP contribution in [-0.4, -0.2) is 11.1 Å². The highest BCUT2D eigenvalue weighted by Crippen LogP contribution is 2.27. The van der Waals surface area contributed by atoms with Gasteiger partial charge in [0.25, 0.3) is 0 Å². The van der Waals surface area contributed by atoms with Crippen LogP contribution < -0.4 is 5.73 Å². The molecule has 0 radical (unpaired) electrons. The van der Waals surface area contributed by atoms with E-state index in [1.165, 1.54) is 27.6 Å². The molecule has 0 bridgehead atoms. The Kier molecular flexibility index (Phi) is 3.01. The van der Waals surface area contributed by atoms with Gasteiger partial charge in [-0.15, -0.1) is 0 Å². The summed E-state index contributed by atoms with van der Waals surface area (Å²) in [4.78, 5) is 0. The maximum atomic E-state index is 5.58. The summed E-state index contributed by atoms with van der Waals surface area (Å²) in [6.07, 6.45) is 3.29. The fourth-order valence-corrected chi connectivity index (χ4v) is 2.46. The van der Waals surface area contributed by atoms with E-state index < -0.39 is 0 Å². The molecular weight excluding hydrogens is 196 g/mol. The van der Waals surface area contributed by atoms with E-state index in [0.717, 1.165) is 19.5 Å². The summed E-state index contributed by atoms with van der Waals surface area (Å²) in [6.45, 7) is 8.32. The molecule has 2 heteroatoms. The van der Waals surface area contributed by atoms with Gasteiger partial charge in [0.05, 0.1) is 5.52 Å². The van der Waals surface area contributed by atoms with Crippen LogP contribution in [0.15, 0.2) is 18.3 Å². The number of aromatic nitrogens is 1. The van der Waals surface area contributed by atoms with E-state index in [1.54, 1.807) is 0 Å². The number of aryl methyl sites for hydroxylation is 4. The minimum absolute atomic E-state index is 0.754. The number of rotatable bonds is 3. The number of nitrogens with zero attached hydrogens (tertiary/aromatic N) is 1. The molecule has 2 aromatic rings. The molecule has 0 fully saturated rings. The summed E-state index contributed by atoms with van der Waals surface area (Å²) < 4.78 is 2.35.